The summed E-state index contributed by atoms with van der Waals surface area (Å²) in [7, 11) is 0. The van der Waals surface area contributed by atoms with Crippen LogP contribution in [0, 0.1) is 0 Å². The molecule has 3 N–H and O–H groups in total. The molecule has 0 aliphatic heterocycles. The fourth-order valence-electron chi connectivity index (χ4n) is 1.58. The Kier molecular flexibility index (Phi) is 4.04. The number of halogens is 4. The highest BCUT2D eigenvalue weighted by Gasteiger charge is 2.31. The molecule has 2 aromatic rings. The first-order chi connectivity index (χ1) is 9.79. The van der Waals surface area contributed by atoms with Crippen molar-refractivity contribution in [2.24, 2.45) is 0 Å². The lowest BCUT2D eigenvalue weighted by atomic mass is 10.1. The van der Waals surface area contributed by atoms with E-state index in [1.54, 1.807) is 0 Å². The van der Waals surface area contributed by atoms with Crippen LogP contribution in [0.1, 0.15) is 15.9 Å². The maximum atomic E-state index is 12.6. The van der Waals surface area contributed by atoms with Crippen LogP contribution in [0.2, 0.25) is 5.02 Å². The second-order valence-corrected chi connectivity index (χ2v) is 4.52. The summed E-state index contributed by atoms with van der Waals surface area (Å²) in [5.41, 5.74) is 4.74. The Bertz CT molecular complexity index is 689. The first-order valence-electron chi connectivity index (χ1n) is 5.66. The molecule has 0 saturated carbocycles. The Morgan fingerprint density at radius 1 is 1.29 bits per heavy atom. The van der Waals surface area contributed by atoms with E-state index in [0.717, 1.165) is 18.2 Å². The van der Waals surface area contributed by atoms with Crippen LogP contribution in [0.15, 0.2) is 36.7 Å². The molecule has 1 heterocycles. The number of nitrogens with zero attached hydrogens (tertiary/aromatic N) is 1. The number of nitrogens with two attached hydrogens (primary N) is 1. The molecular formula is C13H9ClF3N3O. The van der Waals surface area contributed by atoms with Crippen LogP contribution in [0.5, 0.6) is 0 Å². The molecule has 1 aromatic carbocycles. The quantitative estimate of drug-likeness (QED) is 0.890. The van der Waals surface area contributed by atoms with Crippen LogP contribution >= 0.6 is 11.6 Å². The molecule has 0 bridgehead atoms. The summed E-state index contributed by atoms with van der Waals surface area (Å²) in [5, 5.41) is 2.27. The van der Waals surface area contributed by atoms with Crippen LogP contribution < -0.4 is 11.1 Å². The predicted molar refractivity (Wildman–Crippen MR) is 73.1 cm³/mol. The zero-order valence-corrected chi connectivity index (χ0v) is 11.2. The number of carbonyl (C=O) groups is 1. The van der Waals surface area contributed by atoms with E-state index < -0.39 is 17.6 Å². The molecule has 0 atom stereocenters. The smallest absolute Gasteiger partial charge is 0.398 e. The molecule has 0 spiro atoms. The predicted octanol–water partition coefficient (Wildman–Crippen LogP) is 3.59. The molecule has 0 aliphatic rings. The van der Waals surface area contributed by atoms with E-state index in [4.69, 9.17) is 17.3 Å². The number of amides is 1. The molecular weight excluding hydrogens is 307 g/mol. The fourth-order valence-corrected chi connectivity index (χ4v) is 1.75. The van der Waals surface area contributed by atoms with Gasteiger partial charge in [-0.2, -0.15) is 13.2 Å². The summed E-state index contributed by atoms with van der Waals surface area (Å²) in [6.07, 6.45) is -1.92. The summed E-state index contributed by atoms with van der Waals surface area (Å²) in [6, 6.07) is 4.05. The van der Waals surface area contributed by atoms with E-state index >= 15 is 0 Å². The van der Waals surface area contributed by atoms with Crippen LogP contribution in [0.3, 0.4) is 0 Å². The van der Waals surface area contributed by atoms with Gasteiger partial charge in [0.15, 0.2) is 0 Å². The van der Waals surface area contributed by atoms with Crippen molar-refractivity contribution in [1.29, 1.82) is 0 Å². The molecule has 21 heavy (non-hydrogen) atoms. The second kappa shape index (κ2) is 5.61. The zero-order chi connectivity index (χ0) is 15.6. The van der Waals surface area contributed by atoms with Crippen molar-refractivity contribution in [2.45, 2.75) is 6.18 Å². The summed E-state index contributed by atoms with van der Waals surface area (Å²) < 4.78 is 37.9. The maximum absolute atomic E-state index is 12.6. The van der Waals surface area contributed by atoms with Crippen molar-refractivity contribution < 1.29 is 18.0 Å². The summed E-state index contributed by atoms with van der Waals surface area (Å²) in [6.45, 7) is 0. The number of benzene rings is 1. The third-order valence-corrected chi connectivity index (χ3v) is 2.97. The molecule has 0 fully saturated rings. The molecule has 1 amide bonds. The van der Waals surface area contributed by atoms with Gasteiger partial charge in [-0.15, -0.1) is 0 Å². The largest absolute Gasteiger partial charge is 0.416 e. The van der Waals surface area contributed by atoms with Crippen molar-refractivity contribution in [2.75, 3.05) is 11.1 Å². The molecule has 1 aromatic heterocycles. The molecule has 110 valence electrons. The number of nitrogens with one attached hydrogen (secondary N) is 1. The van der Waals surface area contributed by atoms with Gasteiger partial charge in [-0.3, -0.25) is 9.78 Å². The third-order valence-electron chi connectivity index (χ3n) is 2.64. The summed E-state index contributed by atoms with van der Waals surface area (Å²) >= 11 is 5.79. The molecule has 0 unspecified atom stereocenters. The van der Waals surface area contributed by atoms with Crippen molar-refractivity contribution in [3.8, 4) is 0 Å². The average molecular weight is 316 g/mol. The Morgan fingerprint density at radius 3 is 2.62 bits per heavy atom. The summed E-state index contributed by atoms with van der Waals surface area (Å²) in [5.74, 6) is -0.693. The number of rotatable bonds is 2. The highest BCUT2D eigenvalue weighted by Crippen LogP contribution is 2.34. The maximum Gasteiger partial charge on any atom is 0.416 e. The van der Waals surface area contributed by atoms with Gasteiger partial charge in [0.05, 0.1) is 21.8 Å². The van der Waals surface area contributed by atoms with Gasteiger partial charge in [-0.1, -0.05) is 11.6 Å². The Labute approximate surface area is 122 Å². The van der Waals surface area contributed by atoms with Gasteiger partial charge in [-0.25, -0.2) is 0 Å². The van der Waals surface area contributed by atoms with Crippen molar-refractivity contribution >= 4 is 28.9 Å². The third kappa shape index (κ3) is 3.43. The lowest BCUT2D eigenvalue weighted by Crippen LogP contribution is -2.15. The minimum Gasteiger partial charge on any atom is -0.398 e. The van der Waals surface area contributed by atoms with E-state index in [2.05, 4.69) is 10.3 Å². The monoisotopic (exact) mass is 315 g/mol. The number of hydrogen-bond donors (Lipinski definition) is 2. The van der Waals surface area contributed by atoms with Gasteiger partial charge in [-0.05, 0) is 24.3 Å². The molecule has 2 rings (SSSR count). The topological polar surface area (TPSA) is 68.0 Å². The van der Waals surface area contributed by atoms with Gasteiger partial charge in [0, 0.05) is 18.1 Å². The number of carbonyl (C=O) groups excluding carboxylic acids is 1. The van der Waals surface area contributed by atoms with E-state index in [1.165, 1.54) is 18.5 Å². The SMILES string of the molecule is Nc1ccncc1C(=O)Nc1cc(C(F)(F)F)ccc1Cl. The highest BCUT2D eigenvalue weighted by atomic mass is 35.5. The number of nitrogen functional groups attached to an aromatic ring is 1. The highest BCUT2D eigenvalue weighted by molar-refractivity contribution is 6.34. The second-order valence-electron chi connectivity index (χ2n) is 4.11. The van der Waals surface area contributed by atoms with Crippen molar-refractivity contribution in [3.63, 3.8) is 0 Å². The van der Waals surface area contributed by atoms with Crippen molar-refractivity contribution in [3.05, 3.63) is 52.8 Å². The molecule has 0 radical (unpaired) electrons. The van der Waals surface area contributed by atoms with E-state index in [9.17, 15) is 18.0 Å². The molecule has 0 saturated heterocycles. The average Bonchev–Trinajstić information content (AvgIpc) is 2.40. The van der Waals surface area contributed by atoms with E-state index in [1.807, 2.05) is 0 Å². The van der Waals surface area contributed by atoms with Gasteiger partial charge in [0.2, 0.25) is 0 Å². The van der Waals surface area contributed by atoms with Crippen LogP contribution in [-0.2, 0) is 6.18 Å². The van der Waals surface area contributed by atoms with E-state index in [-0.39, 0.29) is 22.0 Å². The van der Waals surface area contributed by atoms with Gasteiger partial charge in [0.25, 0.3) is 5.91 Å². The normalized spacial score (nSPS) is 11.2. The first kappa shape index (κ1) is 15.1. The Hall–Kier alpha value is -2.28. The fraction of sp³-hybridized carbons (Fsp3) is 0.0769. The minimum atomic E-state index is -4.53. The number of aromatic nitrogens is 1. The summed E-state index contributed by atoms with van der Waals surface area (Å²) in [4.78, 5) is 15.7. The van der Waals surface area contributed by atoms with Crippen molar-refractivity contribution in [1.82, 2.24) is 4.98 Å². The van der Waals surface area contributed by atoms with E-state index in [0.29, 0.717) is 0 Å². The minimum absolute atomic E-state index is 0.0150. The molecule has 0 aliphatic carbocycles. The Morgan fingerprint density at radius 2 is 2.00 bits per heavy atom. The number of alkyl halides is 3. The van der Waals surface area contributed by atoms with Gasteiger partial charge < -0.3 is 11.1 Å². The first-order valence-corrected chi connectivity index (χ1v) is 6.04. The number of hydrogen-bond acceptors (Lipinski definition) is 3. The van der Waals surface area contributed by atoms with Crippen LogP contribution in [0.4, 0.5) is 24.5 Å². The zero-order valence-electron chi connectivity index (χ0n) is 10.4. The lowest BCUT2D eigenvalue weighted by molar-refractivity contribution is -0.137. The number of anilines is 2. The molecule has 4 nitrogen and oxygen atoms in total. The van der Waals surface area contributed by atoms with Crippen LogP contribution in [0.25, 0.3) is 0 Å². The Balaban J connectivity index is 2.31. The number of pyridine rings is 1. The molecule has 8 heteroatoms. The standard InChI is InChI=1S/C13H9ClF3N3O/c14-9-2-1-7(13(15,16)17)5-11(9)20-12(21)8-6-19-4-3-10(8)18/h1-6H,(H2,18,19)(H,20,21). The van der Waals surface area contributed by atoms with Crippen LogP contribution in [-0.4, -0.2) is 10.9 Å². The van der Waals surface area contributed by atoms with Gasteiger partial charge in [0.1, 0.15) is 0 Å². The lowest BCUT2D eigenvalue weighted by Gasteiger charge is -2.12. The van der Waals surface area contributed by atoms with Gasteiger partial charge >= 0.3 is 6.18 Å².